The van der Waals surface area contributed by atoms with Crippen LogP contribution in [0.3, 0.4) is 0 Å². The first kappa shape index (κ1) is 26.5. The van der Waals surface area contributed by atoms with Gasteiger partial charge in [-0.15, -0.1) is 0 Å². The average molecular weight is 531 g/mol. The van der Waals surface area contributed by atoms with E-state index in [9.17, 15) is 9.59 Å². The number of carboxylic acids is 1. The average Bonchev–Trinajstić information content (AvgIpc) is 3.31. The summed E-state index contributed by atoms with van der Waals surface area (Å²) < 4.78 is 7.74. The van der Waals surface area contributed by atoms with Crippen molar-refractivity contribution < 1.29 is 19.4 Å². The lowest BCUT2D eigenvalue weighted by molar-refractivity contribution is -0.140. The fraction of sp³-hybridized carbons (Fsp3) is 0.138. The van der Waals surface area contributed by atoms with Crippen molar-refractivity contribution in [1.82, 2.24) is 9.88 Å². The van der Waals surface area contributed by atoms with Gasteiger partial charge >= 0.3 is 5.97 Å². The number of aromatic nitrogens is 1. The smallest absolute Gasteiger partial charge is 0.308 e. The van der Waals surface area contributed by atoms with Crippen LogP contribution in [0.4, 0.5) is 0 Å². The third-order valence-electron chi connectivity index (χ3n) is 5.79. The molecule has 194 valence electrons. The highest BCUT2D eigenvalue weighted by atomic mass is 35.5. The Morgan fingerprint density at radius 1 is 0.947 bits per heavy atom. The number of aliphatic imine (C=N–C) groups is 1. The Balaban J connectivity index is 1.61. The van der Waals surface area contributed by atoms with Crippen LogP contribution in [0.5, 0.6) is 11.5 Å². The molecular weight excluding hydrogens is 504 g/mol. The molecule has 38 heavy (non-hydrogen) atoms. The van der Waals surface area contributed by atoms with Gasteiger partial charge in [0, 0.05) is 16.3 Å². The summed E-state index contributed by atoms with van der Waals surface area (Å²) in [7, 11) is 0. The molecule has 0 radical (unpaired) electrons. The fourth-order valence-corrected chi connectivity index (χ4v) is 4.02. The second-order valence-corrected chi connectivity index (χ2v) is 9.03. The fourth-order valence-electron chi connectivity index (χ4n) is 3.79. The molecule has 0 fully saturated rings. The predicted octanol–water partition coefficient (Wildman–Crippen LogP) is 5.42. The molecule has 4 N–H and O–H groups in total. The standard InChI is InChI=1S/C29H27ClN4O4/c1-19(28(36)37)17-32-29(31)33-27(35)18-34-25(15-16-26(34)23-9-5-6-10-24(23)30)20-11-13-22(14-12-20)38-21-7-3-2-4-8-21/h2-16,19H,17-18H2,1H3,(H,36,37)(H3,31,32,33,35)/t19-/m1/s1. The van der Waals surface area contributed by atoms with Crippen LogP contribution in [0.2, 0.25) is 5.02 Å². The maximum Gasteiger partial charge on any atom is 0.308 e. The van der Waals surface area contributed by atoms with Crippen LogP contribution in [0.25, 0.3) is 22.5 Å². The van der Waals surface area contributed by atoms with Crippen molar-refractivity contribution in [2.45, 2.75) is 13.5 Å². The number of guanidine groups is 1. The number of aliphatic carboxylic acids is 1. The first-order chi connectivity index (χ1) is 18.3. The van der Waals surface area contributed by atoms with Crippen molar-refractivity contribution >= 4 is 29.4 Å². The highest BCUT2D eigenvalue weighted by Gasteiger charge is 2.17. The Bertz CT molecular complexity index is 1450. The van der Waals surface area contributed by atoms with Gasteiger partial charge < -0.3 is 20.1 Å². The monoisotopic (exact) mass is 530 g/mol. The van der Waals surface area contributed by atoms with Crippen LogP contribution in [0.15, 0.2) is 96.0 Å². The number of benzene rings is 3. The minimum absolute atomic E-state index is 0.0432. The third-order valence-corrected chi connectivity index (χ3v) is 6.12. The van der Waals surface area contributed by atoms with Gasteiger partial charge in [-0.1, -0.05) is 54.9 Å². The number of nitrogens with two attached hydrogens (primary N) is 1. The summed E-state index contributed by atoms with van der Waals surface area (Å²) in [6.07, 6.45) is 0. The maximum absolute atomic E-state index is 12.9. The predicted molar refractivity (Wildman–Crippen MR) is 148 cm³/mol. The number of carboxylic acid groups (broad SMARTS) is 1. The summed E-state index contributed by atoms with van der Waals surface area (Å²) in [5.41, 5.74) is 9.02. The zero-order valence-corrected chi connectivity index (χ0v) is 21.4. The molecule has 0 aliphatic carbocycles. The van der Waals surface area contributed by atoms with Gasteiger partial charge in [-0.2, -0.15) is 0 Å². The number of para-hydroxylation sites is 1. The molecule has 4 rings (SSSR count). The second kappa shape index (κ2) is 12.1. The van der Waals surface area contributed by atoms with Gasteiger partial charge in [0.1, 0.15) is 18.0 Å². The SMILES string of the molecule is C[C@H](CN=C(N)NC(=O)Cn1c(-c2ccc(Oc3ccccc3)cc2)ccc1-c1ccccc1Cl)C(=O)O. The van der Waals surface area contributed by atoms with E-state index in [1.165, 1.54) is 6.92 Å². The minimum Gasteiger partial charge on any atom is -0.481 e. The molecule has 0 unspecified atom stereocenters. The van der Waals surface area contributed by atoms with Crippen LogP contribution in [0, 0.1) is 5.92 Å². The topological polar surface area (TPSA) is 119 Å². The van der Waals surface area contributed by atoms with Crippen LogP contribution < -0.4 is 15.8 Å². The molecule has 8 nitrogen and oxygen atoms in total. The summed E-state index contributed by atoms with van der Waals surface area (Å²) in [5.74, 6) is -0.848. The number of carbonyl (C=O) groups excluding carboxylic acids is 1. The van der Waals surface area contributed by atoms with Crippen LogP contribution in [-0.2, 0) is 16.1 Å². The highest BCUT2D eigenvalue weighted by molar-refractivity contribution is 6.33. The van der Waals surface area contributed by atoms with E-state index in [0.29, 0.717) is 10.8 Å². The summed E-state index contributed by atoms with van der Waals surface area (Å²) in [6, 6.07) is 28.3. The zero-order chi connectivity index (χ0) is 27.1. The number of nitrogens with zero attached hydrogens (tertiary/aromatic N) is 2. The molecule has 0 saturated carbocycles. The zero-order valence-electron chi connectivity index (χ0n) is 20.7. The number of halogens is 1. The molecule has 1 heterocycles. The van der Waals surface area contributed by atoms with Crippen molar-refractivity contribution in [3.8, 4) is 34.0 Å². The largest absolute Gasteiger partial charge is 0.481 e. The molecule has 0 spiro atoms. The minimum atomic E-state index is -0.991. The third kappa shape index (κ3) is 6.60. The summed E-state index contributed by atoms with van der Waals surface area (Å²) in [6.45, 7) is 1.40. The van der Waals surface area contributed by atoms with E-state index in [-0.39, 0.29) is 19.0 Å². The molecule has 4 aromatic rings. The molecular formula is C29H27ClN4O4. The molecule has 3 aromatic carbocycles. The quantitative estimate of drug-likeness (QED) is 0.197. The van der Waals surface area contributed by atoms with Gasteiger partial charge in [0.05, 0.1) is 18.2 Å². The van der Waals surface area contributed by atoms with Crippen molar-refractivity contribution in [3.63, 3.8) is 0 Å². The van der Waals surface area contributed by atoms with Crippen molar-refractivity contribution in [1.29, 1.82) is 0 Å². The van der Waals surface area contributed by atoms with E-state index < -0.39 is 17.8 Å². The van der Waals surface area contributed by atoms with Gasteiger partial charge in [0.15, 0.2) is 5.96 Å². The lowest BCUT2D eigenvalue weighted by Gasteiger charge is -2.15. The Morgan fingerprint density at radius 2 is 1.58 bits per heavy atom. The first-order valence-electron chi connectivity index (χ1n) is 11.9. The van der Waals surface area contributed by atoms with Gasteiger partial charge in [-0.25, -0.2) is 0 Å². The van der Waals surface area contributed by atoms with E-state index >= 15 is 0 Å². The second-order valence-electron chi connectivity index (χ2n) is 8.62. The number of nitrogens with one attached hydrogen (secondary N) is 1. The number of amides is 1. The Hall–Kier alpha value is -4.56. The Labute approximate surface area is 225 Å². The van der Waals surface area contributed by atoms with Crippen LogP contribution in [0.1, 0.15) is 6.92 Å². The van der Waals surface area contributed by atoms with E-state index in [1.807, 2.05) is 89.5 Å². The van der Waals surface area contributed by atoms with Gasteiger partial charge in [-0.05, 0) is 60.2 Å². The Kier molecular flexibility index (Phi) is 8.45. The van der Waals surface area contributed by atoms with Crippen LogP contribution >= 0.6 is 11.6 Å². The molecule has 1 aromatic heterocycles. The van der Waals surface area contributed by atoms with E-state index in [1.54, 1.807) is 6.07 Å². The maximum atomic E-state index is 12.9. The number of rotatable bonds is 9. The number of ether oxygens (including phenoxy) is 1. The summed E-state index contributed by atoms with van der Waals surface area (Å²) >= 11 is 6.48. The van der Waals surface area contributed by atoms with E-state index in [2.05, 4.69) is 10.3 Å². The lowest BCUT2D eigenvalue weighted by atomic mass is 10.1. The molecule has 1 atom stereocenters. The Morgan fingerprint density at radius 3 is 2.26 bits per heavy atom. The molecule has 0 saturated heterocycles. The molecule has 1 amide bonds. The first-order valence-corrected chi connectivity index (χ1v) is 12.3. The van der Waals surface area contributed by atoms with Crippen molar-refractivity contribution in [2.75, 3.05) is 6.54 Å². The molecule has 0 aliphatic rings. The number of carbonyl (C=O) groups is 2. The van der Waals surface area contributed by atoms with Gasteiger partial charge in [0.25, 0.3) is 0 Å². The highest BCUT2D eigenvalue weighted by Crippen LogP contribution is 2.34. The van der Waals surface area contributed by atoms with Crippen LogP contribution in [-0.4, -0.2) is 34.1 Å². The van der Waals surface area contributed by atoms with E-state index in [4.69, 9.17) is 27.2 Å². The van der Waals surface area contributed by atoms with Crippen molar-refractivity contribution in [3.05, 3.63) is 96.0 Å². The van der Waals surface area contributed by atoms with Crippen molar-refractivity contribution in [2.24, 2.45) is 16.6 Å². The molecule has 0 aliphatic heterocycles. The van der Waals surface area contributed by atoms with Gasteiger partial charge in [0.2, 0.25) is 5.91 Å². The lowest BCUT2D eigenvalue weighted by Crippen LogP contribution is -2.39. The number of hydrogen-bond donors (Lipinski definition) is 3. The molecule has 0 bridgehead atoms. The van der Waals surface area contributed by atoms with Gasteiger partial charge in [-0.3, -0.25) is 19.9 Å². The summed E-state index contributed by atoms with van der Waals surface area (Å²) in [4.78, 5) is 27.9. The summed E-state index contributed by atoms with van der Waals surface area (Å²) in [5, 5.41) is 12.1. The normalized spacial score (nSPS) is 12.1. The number of hydrogen-bond acceptors (Lipinski definition) is 4. The molecule has 9 heteroatoms. The van der Waals surface area contributed by atoms with E-state index in [0.717, 1.165) is 28.3 Å².